The molecule has 1 fully saturated rings. The van der Waals surface area contributed by atoms with Gasteiger partial charge in [0.05, 0.1) is 38.1 Å². The van der Waals surface area contributed by atoms with Crippen molar-refractivity contribution in [3.63, 3.8) is 0 Å². The summed E-state index contributed by atoms with van der Waals surface area (Å²) in [5, 5.41) is 13.6. The van der Waals surface area contributed by atoms with Crippen LogP contribution in [0.15, 0.2) is 46.9 Å². The van der Waals surface area contributed by atoms with Gasteiger partial charge in [-0.3, -0.25) is 9.59 Å². The van der Waals surface area contributed by atoms with Crippen molar-refractivity contribution in [2.45, 2.75) is 12.1 Å². The molecule has 1 saturated heterocycles. The SMILES string of the molecule is COc1cc2cc(C(=O)Nc3ccc4[nH]c(C(=O)N5C[C@@H](CCl)c6c5cc(OC(=O)N5CCN(C)CC5)c5[nH]c(C(F)(F)F)c(C(=O)O)c65)cc4c3)oc2c(OC)c1OC. The quantitative estimate of drug-likeness (QED) is 0.108. The van der Waals surface area contributed by atoms with Crippen molar-refractivity contribution in [3.05, 3.63) is 70.7 Å². The van der Waals surface area contributed by atoms with Crippen molar-refractivity contribution in [2.75, 3.05) is 77.2 Å². The molecule has 3 aromatic carbocycles. The van der Waals surface area contributed by atoms with E-state index >= 15 is 0 Å². The van der Waals surface area contributed by atoms with E-state index < -0.39 is 53.0 Å². The number of furan rings is 1. The molecule has 2 aliphatic rings. The van der Waals surface area contributed by atoms with E-state index in [9.17, 15) is 37.5 Å². The summed E-state index contributed by atoms with van der Waals surface area (Å²) in [6.45, 7) is 1.49. The zero-order chi connectivity index (χ0) is 42.8. The third-order valence-corrected chi connectivity index (χ3v) is 11.1. The number of alkyl halides is 4. The largest absolute Gasteiger partial charge is 0.493 e. The molecule has 1 atom stereocenters. The Balaban J connectivity index is 1.14. The number of amides is 3. The average molecular weight is 853 g/mol. The van der Waals surface area contributed by atoms with Gasteiger partial charge in [0.25, 0.3) is 11.8 Å². The Hall–Kier alpha value is -6.60. The fraction of sp³-hybridized carbons (Fsp3) is 0.300. The third-order valence-electron chi connectivity index (χ3n) is 10.7. The van der Waals surface area contributed by atoms with Gasteiger partial charge >= 0.3 is 18.2 Å². The molecule has 60 heavy (non-hydrogen) atoms. The van der Waals surface area contributed by atoms with Gasteiger partial charge in [-0.05, 0) is 49.0 Å². The van der Waals surface area contributed by atoms with E-state index in [4.69, 9.17) is 35.0 Å². The van der Waals surface area contributed by atoms with Gasteiger partial charge in [-0.2, -0.15) is 13.2 Å². The summed E-state index contributed by atoms with van der Waals surface area (Å²) in [5.74, 6) is -3.63. The van der Waals surface area contributed by atoms with Gasteiger partial charge in [-0.1, -0.05) is 0 Å². The predicted molar refractivity (Wildman–Crippen MR) is 213 cm³/mol. The van der Waals surface area contributed by atoms with Crippen molar-refractivity contribution in [3.8, 4) is 23.0 Å². The molecule has 5 heterocycles. The van der Waals surface area contributed by atoms with Gasteiger partial charge in [0.1, 0.15) is 11.4 Å². The first-order valence-electron chi connectivity index (χ1n) is 18.4. The number of aromatic carboxylic acids is 1. The molecule has 314 valence electrons. The van der Waals surface area contributed by atoms with Gasteiger partial charge in [0.2, 0.25) is 11.5 Å². The Morgan fingerprint density at radius 3 is 2.32 bits per heavy atom. The number of carbonyl (C=O) groups is 4. The highest BCUT2D eigenvalue weighted by molar-refractivity contribution is 6.20. The molecule has 6 aromatic rings. The highest BCUT2D eigenvalue weighted by atomic mass is 35.5. The molecule has 16 nitrogen and oxygen atoms in total. The molecule has 20 heteroatoms. The van der Waals surface area contributed by atoms with Crippen molar-refractivity contribution in [1.29, 1.82) is 0 Å². The normalized spacial score (nSPS) is 15.8. The number of aromatic amines is 2. The number of hydrogen-bond donors (Lipinski definition) is 4. The van der Waals surface area contributed by atoms with Crippen molar-refractivity contribution < 1.29 is 60.8 Å². The highest BCUT2D eigenvalue weighted by Crippen LogP contribution is 2.50. The number of fused-ring (bicyclic) bond motifs is 5. The minimum Gasteiger partial charge on any atom is -0.493 e. The third kappa shape index (κ3) is 6.82. The number of nitrogens with zero attached hydrogens (tertiary/aromatic N) is 3. The number of likely N-dealkylation sites (N-methyl/N-ethyl adjacent to an activating group) is 1. The fourth-order valence-electron chi connectivity index (χ4n) is 7.79. The smallest absolute Gasteiger partial charge is 0.432 e. The van der Waals surface area contributed by atoms with Crippen molar-refractivity contribution in [1.82, 2.24) is 19.8 Å². The lowest BCUT2D eigenvalue weighted by molar-refractivity contribution is -0.141. The molecule has 0 bridgehead atoms. The van der Waals surface area contributed by atoms with Crippen LogP contribution in [0, 0.1) is 0 Å². The summed E-state index contributed by atoms with van der Waals surface area (Å²) >= 11 is 6.37. The van der Waals surface area contributed by atoms with Crippen LogP contribution in [-0.4, -0.2) is 116 Å². The highest BCUT2D eigenvalue weighted by Gasteiger charge is 2.44. The first-order chi connectivity index (χ1) is 28.6. The summed E-state index contributed by atoms with van der Waals surface area (Å²) < 4.78 is 71.0. The molecular weight excluding hydrogens is 817 g/mol. The Kier molecular flexibility index (Phi) is 10.2. The second-order valence-corrected chi connectivity index (χ2v) is 14.6. The van der Waals surface area contributed by atoms with Crippen LogP contribution in [0.2, 0.25) is 0 Å². The Morgan fingerprint density at radius 1 is 0.933 bits per heavy atom. The minimum absolute atomic E-state index is 0.0267. The molecule has 4 N–H and O–H groups in total. The number of carboxylic acids is 1. The second kappa shape index (κ2) is 15.2. The van der Waals surface area contributed by atoms with E-state index in [1.165, 1.54) is 49.3 Å². The van der Waals surface area contributed by atoms with Crippen molar-refractivity contribution in [2.24, 2.45) is 0 Å². The number of methoxy groups -OCH3 is 3. The number of aromatic nitrogens is 2. The van der Waals surface area contributed by atoms with Gasteiger partial charge in [0, 0.05) is 78.0 Å². The summed E-state index contributed by atoms with van der Waals surface area (Å²) in [7, 11) is 6.21. The zero-order valence-electron chi connectivity index (χ0n) is 32.3. The number of benzene rings is 3. The lowest BCUT2D eigenvalue weighted by atomic mass is 9.95. The van der Waals surface area contributed by atoms with Gasteiger partial charge in [-0.15, -0.1) is 11.6 Å². The minimum atomic E-state index is -5.13. The maximum Gasteiger partial charge on any atom is 0.432 e. The van der Waals surface area contributed by atoms with E-state index in [1.54, 1.807) is 24.3 Å². The van der Waals surface area contributed by atoms with Crippen LogP contribution in [0.25, 0.3) is 32.8 Å². The number of hydrogen-bond acceptors (Lipinski definition) is 10. The summed E-state index contributed by atoms with van der Waals surface area (Å²) in [5.41, 5.74) is -1.72. The number of halogens is 4. The lowest BCUT2D eigenvalue weighted by Gasteiger charge is -2.31. The van der Waals surface area contributed by atoms with Gasteiger partial charge in [0.15, 0.2) is 22.8 Å². The first kappa shape index (κ1) is 40.2. The zero-order valence-corrected chi connectivity index (χ0v) is 33.1. The molecule has 8 rings (SSSR count). The van der Waals surface area contributed by atoms with Crippen LogP contribution in [0.5, 0.6) is 23.0 Å². The number of nitrogens with one attached hydrogen (secondary N) is 3. The average Bonchev–Trinajstić information content (AvgIpc) is 4.02. The standard InChI is InChI=1S/C40H36ClF3N6O10/c1-48-7-9-49(10-8-48)39(55)60-25-15-24-28(29-30(38(53)54)35(40(42,43)44)47-31(25)29)20(16-41)17-50(24)37(52)23-12-18-11-21(5-6-22(18)46-23)45-36(51)27-14-19-13-26(56-2)33(57-3)34(58-4)32(19)59-27/h5-6,11-15,20,46-47H,7-10,16-17H2,1-4H3,(H,45,51)(H,53,54)/t20-/m1/s1. The topological polar surface area (TPSA) is 192 Å². The second-order valence-electron chi connectivity index (χ2n) is 14.3. The summed E-state index contributed by atoms with van der Waals surface area (Å²) in [4.78, 5) is 63.5. The van der Waals surface area contributed by atoms with Gasteiger partial charge < -0.3 is 58.5 Å². The fourth-order valence-corrected chi connectivity index (χ4v) is 8.05. The lowest BCUT2D eigenvalue weighted by Crippen LogP contribution is -2.48. The number of anilines is 2. The Labute approximate surface area is 342 Å². The molecule has 2 aliphatic heterocycles. The molecule has 0 radical (unpaired) electrons. The molecule has 0 saturated carbocycles. The van der Waals surface area contributed by atoms with Crippen LogP contribution >= 0.6 is 11.6 Å². The predicted octanol–water partition coefficient (Wildman–Crippen LogP) is 7.12. The molecular formula is C40H36ClF3N6O10. The first-order valence-corrected chi connectivity index (χ1v) is 18.9. The monoisotopic (exact) mass is 852 g/mol. The van der Waals surface area contributed by atoms with E-state index in [2.05, 4.69) is 15.3 Å². The molecule has 0 unspecified atom stereocenters. The van der Waals surface area contributed by atoms with E-state index in [0.29, 0.717) is 40.8 Å². The summed E-state index contributed by atoms with van der Waals surface area (Å²) in [6.07, 6.45) is -5.98. The Bertz CT molecular complexity index is 2740. The van der Waals surface area contributed by atoms with Gasteiger partial charge in [-0.25, -0.2) is 9.59 Å². The van der Waals surface area contributed by atoms with E-state index in [-0.39, 0.29) is 76.2 Å². The number of piperazine rings is 1. The van der Waals surface area contributed by atoms with Crippen molar-refractivity contribution >= 4 is 79.6 Å². The molecule has 0 aliphatic carbocycles. The summed E-state index contributed by atoms with van der Waals surface area (Å²) in [6, 6.07) is 10.8. The number of carboxylic acid groups (broad SMARTS) is 1. The van der Waals surface area contributed by atoms with Crippen LogP contribution in [0.3, 0.4) is 0 Å². The number of rotatable bonds is 9. The van der Waals surface area contributed by atoms with Crippen LogP contribution in [-0.2, 0) is 6.18 Å². The molecule has 3 aromatic heterocycles. The van der Waals surface area contributed by atoms with E-state index in [0.717, 1.165) is 0 Å². The number of carbonyl (C=O) groups excluding carboxylic acids is 3. The number of H-pyrrole nitrogens is 2. The van der Waals surface area contributed by atoms with Crippen LogP contribution in [0.1, 0.15) is 48.6 Å². The Morgan fingerprint density at radius 2 is 1.67 bits per heavy atom. The molecule has 3 amide bonds. The van der Waals surface area contributed by atoms with Crippen LogP contribution < -0.4 is 29.2 Å². The van der Waals surface area contributed by atoms with E-state index in [1.807, 2.05) is 11.9 Å². The maximum atomic E-state index is 14.4. The van der Waals surface area contributed by atoms with Crippen LogP contribution in [0.4, 0.5) is 29.3 Å². The molecule has 0 spiro atoms. The number of ether oxygens (including phenoxy) is 4. The maximum absolute atomic E-state index is 14.4.